The second-order valence-corrected chi connectivity index (χ2v) is 8.28. The smallest absolute Gasteiger partial charge is 0.257 e. The molecule has 0 saturated carbocycles. The van der Waals surface area contributed by atoms with E-state index in [0.717, 1.165) is 33.9 Å². The molecule has 140 valence electrons. The number of nitrogens with zero attached hydrogens (tertiary/aromatic N) is 1. The highest BCUT2D eigenvalue weighted by Crippen LogP contribution is 2.31. The van der Waals surface area contributed by atoms with Gasteiger partial charge in [-0.15, -0.1) is 0 Å². The van der Waals surface area contributed by atoms with E-state index in [9.17, 15) is 4.79 Å². The Labute approximate surface area is 162 Å². The van der Waals surface area contributed by atoms with Crippen LogP contribution in [0, 0.1) is 20.8 Å². The first-order valence-corrected chi connectivity index (χ1v) is 9.35. The number of nitrogens with one attached hydrogen (secondary N) is 1. The fraction of sp³-hybridized carbons (Fsp3) is 0.292. The molecular weight excluding hydrogens is 332 g/mol. The molecule has 2 aromatic carbocycles. The van der Waals surface area contributed by atoms with E-state index in [0.29, 0.717) is 5.56 Å². The molecule has 1 amide bonds. The number of hydrogen-bond acceptors (Lipinski definition) is 1. The van der Waals surface area contributed by atoms with Crippen LogP contribution < -0.4 is 5.32 Å². The minimum atomic E-state index is -0.0843. The number of aromatic nitrogens is 1. The van der Waals surface area contributed by atoms with Crippen molar-refractivity contribution in [2.45, 2.75) is 47.0 Å². The molecule has 0 radical (unpaired) electrons. The van der Waals surface area contributed by atoms with E-state index in [1.54, 1.807) is 0 Å². The maximum atomic E-state index is 13.1. The summed E-state index contributed by atoms with van der Waals surface area (Å²) < 4.78 is 2.19. The van der Waals surface area contributed by atoms with Crippen molar-refractivity contribution in [2.24, 2.45) is 0 Å². The maximum Gasteiger partial charge on any atom is 0.257 e. The second kappa shape index (κ2) is 7.07. The van der Waals surface area contributed by atoms with E-state index >= 15 is 0 Å². The lowest BCUT2D eigenvalue weighted by molar-refractivity contribution is 0.102. The lowest BCUT2D eigenvalue weighted by atomic mass is 9.91. The SMILES string of the molecule is Cc1cc(C)cc(NC(=O)c2cc(C(C)(C)C)n(-c3ccccc3)c2C)c1. The molecule has 3 heteroatoms. The molecule has 1 N–H and O–H groups in total. The quantitative estimate of drug-likeness (QED) is 0.615. The third-order valence-corrected chi connectivity index (χ3v) is 4.75. The molecule has 0 unspecified atom stereocenters. The lowest BCUT2D eigenvalue weighted by Crippen LogP contribution is -2.17. The summed E-state index contributed by atoms with van der Waals surface area (Å²) in [7, 11) is 0. The molecule has 1 heterocycles. The molecule has 0 fully saturated rings. The van der Waals surface area contributed by atoms with Gasteiger partial charge in [-0.2, -0.15) is 0 Å². The summed E-state index contributed by atoms with van der Waals surface area (Å²) in [6.45, 7) is 12.6. The van der Waals surface area contributed by atoms with E-state index in [2.05, 4.69) is 48.9 Å². The van der Waals surface area contributed by atoms with Crippen molar-refractivity contribution < 1.29 is 4.79 Å². The van der Waals surface area contributed by atoms with Crippen LogP contribution in [-0.4, -0.2) is 10.5 Å². The minimum Gasteiger partial charge on any atom is -0.322 e. The summed E-state index contributed by atoms with van der Waals surface area (Å²) in [6.07, 6.45) is 0. The fourth-order valence-corrected chi connectivity index (χ4v) is 3.54. The Kier molecular flexibility index (Phi) is 4.97. The van der Waals surface area contributed by atoms with Crippen LogP contribution >= 0.6 is 0 Å². The van der Waals surface area contributed by atoms with Gasteiger partial charge in [0.25, 0.3) is 5.91 Å². The standard InChI is InChI=1S/C24H28N2O/c1-16-12-17(2)14-19(13-16)25-23(27)21-15-22(24(4,5)6)26(18(21)3)20-10-8-7-9-11-20/h7-15H,1-6H3,(H,25,27). The molecular formula is C24H28N2O. The Balaban J connectivity index is 2.06. The van der Waals surface area contributed by atoms with Crippen molar-refractivity contribution in [3.63, 3.8) is 0 Å². The van der Waals surface area contributed by atoms with Crippen molar-refractivity contribution in [2.75, 3.05) is 5.32 Å². The molecule has 0 spiro atoms. The summed E-state index contributed by atoms with van der Waals surface area (Å²) >= 11 is 0. The first-order chi connectivity index (χ1) is 12.7. The van der Waals surface area contributed by atoms with Crippen LogP contribution in [0.3, 0.4) is 0 Å². The van der Waals surface area contributed by atoms with Gasteiger partial charge in [0.2, 0.25) is 0 Å². The van der Waals surface area contributed by atoms with Crippen LogP contribution in [0.15, 0.2) is 54.6 Å². The van der Waals surface area contributed by atoms with E-state index < -0.39 is 0 Å². The van der Waals surface area contributed by atoms with Gasteiger partial charge in [0.1, 0.15) is 0 Å². The number of benzene rings is 2. The van der Waals surface area contributed by atoms with Gasteiger partial charge in [-0.1, -0.05) is 45.0 Å². The van der Waals surface area contributed by atoms with E-state index in [4.69, 9.17) is 0 Å². The Hall–Kier alpha value is -2.81. The number of aryl methyl sites for hydroxylation is 2. The number of hydrogen-bond donors (Lipinski definition) is 1. The van der Waals surface area contributed by atoms with E-state index in [1.165, 1.54) is 0 Å². The second-order valence-electron chi connectivity index (χ2n) is 8.28. The van der Waals surface area contributed by atoms with Crippen LogP contribution in [-0.2, 0) is 5.41 Å². The average molecular weight is 361 g/mol. The first-order valence-electron chi connectivity index (χ1n) is 9.35. The zero-order valence-electron chi connectivity index (χ0n) is 17.1. The highest BCUT2D eigenvalue weighted by Gasteiger charge is 2.25. The van der Waals surface area contributed by atoms with Gasteiger partial charge in [-0.05, 0) is 62.2 Å². The molecule has 3 aromatic rings. The Morgan fingerprint density at radius 2 is 1.48 bits per heavy atom. The summed E-state index contributed by atoms with van der Waals surface area (Å²) in [6, 6.07) is 18.3. The number of anilines is 1. The zero-order chi connectivity index (χ0) is 19.8. The van der Waals surface area contributed by atoms with Crippen LogP contribution in [0.4, 0.5) is 5.69 Å². The van der Waals surface area contributed by atoms with Crippen molar-refractivity contribution in [3.05, 3.63) is 82.7 Å². The first kappa shape index (κ1) is 19.0. The van der Waals surface area contributed by atoms with Gasteiger partial charge in [0, 0.05) is 28.2 Å². The van der Waals surface area contributed by atoms with Gasteiger partial charge in [0.15, 0.2) is 0 Å². The zero-order valence-corrected chi connectivity index (χ0v) is 17.1. The highest BCUT2D eigenvalue weighted by molar-refractivity contribution is 6.05. The number of para-hydroxylation sites is 1. The minimum absolute atomic E-state index is 0.0716. The largest absolute Gasteiger partial charge is 0.322 e. The maximum absolute atomic E-state index is 13.1. The van der Waals surface area contributed by atoms with Gasteiger partial charge in [-0.25, -0.2) is 0 Å². The van der Waals surface area contributed by atoms with Crippen LogP contribution in [0.5, 0.6) is 0 Å². The monoisotopic (exact) mass is 360 g/mol. The third kappa shape index (κ3) is 3.97. The normalized spacial score (nSPS) is 11.5. The molecule has 1 aromatic heterocycles. The van der Waals surface area contributed by atoms with Gasteiger partial charge < -0.3 is 9.88 Å². The molecule has 0 aliphatic rings. The molecule has 0 aliphatic carbocycles. The number of amides is 1. The highest BCUT2D eigenvalue weighted by atomic mass is 16.1. The van der Waals surface area contributed by atoms with E-state index in [1.807, 2.05) is 57.2 Å². The summed E-state index contributed by atoms with van der Waals surface area (Å²) in [5.74, 6) is -0.0716. The number of rotatable bonds is 3. The molecule has 0 saturated heterocycles. The summed E-state index contributed by atoms with van der Waals surface area (Å²) in [4.78, 5) is 13.1. The molecule has 0 aliphatic heterocycles. The summed E-state index contributed by atoms with van der Waals surface area (Å²) in [5, 5.41) is 3.07. The van der Waals surface area contributed by atoms with Gasteiger partial charge in [-0.3, -0.25) is 4.79 Å². The molecule has 0 bridgehead atoms. The molecule has 3 nitrogen and oxygen atoms in total. The summed E-state index contributed by atoms with van der Waals surface area (Å²) in [5.41, 5.74) is 6.89. The third-order valence-electron chi connectivity index (χ3n) is 4.75. The average Bonchev–Trinajstić information content (AvgIpc) is 2.92. The van der Waals surface area contributed by atoms with Crippen LogP contribution in [0.1, 0.15) is 53.6 Å². The van der Waals surface area contributed by atoms with Crippen LogP contribution in [0.25, 0.3) is 5.69 Å². The Bertz CT molecular complexity index is 955. The topological polar surface area (TPSA) is 34.0 Å². The Morgan fingerprint density at radius 3 is 2.04 bits per heavy atom. The van der Waals surface area contributed by atoms with Crippen molar-refractivity contribution >= 4 is 11.6 Å². The van der Waals surface area contributed by atoms with Crippen molar-refractivity contribution in [3.8, 4) is 5.69 Å². The lowest BCUT2D eigenvalue weighted by Gasteiger charge is -2.22. The molecule has 0 atom stereocenters. The molecule has 27 heavy (non-hydrogen) atoms. The Morgan fingerprint density at radius 1 is 0.889 bits per heavy atom. The van der Waals surface area contributed by atoms with Gasteiger partial charge in [0.05, 0.1) is 5.56 Å². The van der Waals surface area contributed by atoms with E-state index in [-0.39, 0.29) is 11.3 Å². The predicted molar refractivity (Wildman–Crippen MR) is 113 cm³/mol. The van der Waals surface area contributed by atoms with Crippen molar-refractivity contribution in [1.29, 1.82) is 0 Å². The van der Waals surface area contributed by atoms with Gasteiger partial charge >= 0.3 is 0 Å². The molecule has 3 rings (SSSR count). The van der Waals surface area contributed by atoms with Crippen LogP contribution in [0.2, 0.25) is 0 Å². The predicted octanol–water partition coefficient (Wildman–Crippen LogP) is 5.95. The van der Waals surface area contributed by atoms with Crippen molar-refractivity contribution in [1.82, 2.24) is 4.57 Å². The number of carbonyl (C=O) groups excluding carboxylic acids is 1. The fourth-order valence-electron chi connectivity index (χ4n) is 3.54. The number of carbonyl (C=O) groups is 1.